The molecule has 4 aliphatic heterocycles. The van der Waals surface area contributed by atoms with Crippen molar-refractivity contribution in [1.29, 1.82) is 0 Å². The molecule has 22 heteroatoms. The van der Waals surface area contributed by atoms with Crippen molar-refractivity contribution in [2.45, 2.75) is 253 Å². The quantitative estimate of drug-likeness (QED) is 0.0924. The molecule has 0 radical (unpaired) electrons. The Kier molecular flexibility index (Phi) is 18.7. The van der Waals surface area contributed by atoms with Crippen molar-refractivity contribution in [2.75, 3.05) is 27.9 Å². The molecular formula is C57H88O22. The SMILES string of the molecule is CO[C@@H]1[C@@H](O)[C@H](O[C@@H]2[C@@H](C)O[C@@H](O[C@H]3[C@@H](OC)C[C@H](O[C@H]4CC[C@@]5(C)[C@@H](CC[C@@H]6[C@@H]5C[C@@H](OC(C)=O)[C@]5(C)[C@](O)(C(C)OC(=O)c7ccccc7)CC[C@]65O)C4)O[C@@H]3C)C[C@H]2OC)O[C@H](C)[C@H]1O[C@@H]1O[C@H](CO)[C@@H](O)[C@H](O)[C@H]1O. The Morgan fingerprint density at radius 3 is 1.89 bits per heavy atom. The minimum atomic E-state index is -1.68. The lowest BCUT2D eigenvalue weighted by atomic mass is 9.42. The third-order valence-electron chi connectivity index (χ3n) is 20.3. The molecular weight excluding hydrogens is 1040 g/mol. The molecule has 0 spiro atoms. The standard InChI is InChI=1S/C57H88O22/c1-27-47(77-42-25-38(68-9)48(28(2)71-42)78-53-46(63)50(69-10)49(29(3)72-53)79-52-45(62)44(61)43(60)39(26-58)76-52)37(67-8)24-41(70-27)75-34-18-19-54(6)33(22-34)16-17-35-36(54)23-40(74-31(5)59)55(7)56(65,20-21-57(35,55)66)30(4)73-51(64)32-14-12-11-13-15-32/h11-15,27-30,33-50,52-53,58,60-63,65-66H,16-26H2,1-10H3/t27-,28-,29-,30?,33+,34+,35-,36+,37+,38-,39-,40-,41+,42+,43-,44+,45-,46-,47-,48-,49-,50-,52+,53+,54+,55-,56-,57+/m1/s1. The number of carbonyl (C=O) groups excluding carboxylic acids is 2. The Morgan fingerprint density at radius 1 is 0.658 bits per heavy atom. The van der Waals surface area contributed by atoms with Gasteiger partial charge in [-0.2, -0.15) is 0 Å². The molecule has 1 unspecified atom stereocenters. The van der Waals surface area contributed by atoms with Crippen LogP contribution in [0.25, 0.3) is 0 Å². The average Bonchev–Trinajstić information content (AvgIpc) is 2.28. The van der Waals surface area contributed by atoms with E-state index in [1.165, 1.54) is 14.0 Å². The fourth-order valence-electron chi connectivity index (χ4n) is 15.7. The predicted molar refractivity (Wildman–Crippen MR) is 274 cm³/mol. The lowest BCUT2D eigenvalue weighted by molar-refractivity contribution is -0.373. The molecule has 1 aromatic rings. The number of carbonyl (C=O) groups is 2. The first-order chi connectivity index (χ1) is 37.5. The molecule has 1 aromatic carbocycles. The van der Waals surface area contributed by atoms with E-state index in [1.54, 1.807) is 65.3 Å². The molecule has 79 heavy (non-hydrogen) atoms. The summed E-state index contributed by atoms with van der Waals surface area (Å²) in [6, 6.07) is 8.60. The fraction of sp³-hybridized carbons (Fsp3) is 0.860. The van der Waals surface area contributed by atoms with Crippen molar-refractivity contribution in [2.24, 2.45) is 28.6 Å². The summed E-state index contributed by atoms with van der Waals surface area (Å²) in [6.07, 6.45) is -14.5. The van der Waals surface area contributed by atoms with Gasteiger partial charge in [-0.05, 0) is 114 Å². The second-order valence-electron chi connectivity index (χ2n) is 24.3. The van der Waals surface area contributed by atoms with Crippen LogP contribution in [0.1, 0.15) is 123 Å². The van der Waals surface area contributed by atoms with Gasteiger partial charge in [0.25, 0.3) is 0 Å². The monoisotopic (exact) mass is 1120 g/mol. The first-order valence-corrected chi connectivity index (χ1v) is 28.5. The van der Waals surface area contributed by atoms with Crippen LogP contribution in [0, 0.1) is 28.6 Å². The van der Waals surface area contributed by atoms with Crippen molar-refractivity contribution in [3.05, 3.63) is 35.9 Å². The van der Waals surface area contributed by atoms with Gasteiger partial charge in [0, 0.05) is 41.1 Å². The van der Waals surface area contributed by atoms with Gasteiger partial charge >= 0.3 is 11.9 Å². The molecule has 0 aromatic heterocycles. The number of ether oxygens (including phenoxy) is 13. The van der Waals surface area contributed by atoms with Crippen LogP contribution in [0.4, 0.5) is 0 Å². The van der Waals surface area contributed by atoms with E-state index >= 15 is 0 Å². The summed E-state index contributed by atoms with van der Waals surface area (Å²) < 4.78 is 80.3. The highest BCUT2D eigenvalue weighted by Gasteiger charge is 2.77. The predicted octanol–water partition coefficient (Wildman–Crippen LogP) is 2.42. The molecule has 8 fully saturated rings. The summed E-state index contributed by atoms with van der Waals surface area (Å²) in [6.45, 7) is 11.9. The van der Waals surface area contributed by atoms with Crippen LogP contribution in [0.15, 0.2) is 30.3 Å². The van der Waals surface area contributed by atoms with E-state index in [0.717, 1.165) is 25.7 Å². The first kappa shape index (κ1) is 61.0. The van der Waals surface area contributed by atoms with E-state index in [9.17, 15) is 45.3 Å². The Labute approximate surface area is 462 Å². The molecule has 4 heterocycles. The number of esters is 2. The lowest BCUT2D eigenvalue weighted by Crippen LogP contribution is -2.72. The Hall–Kier alpha value is -2.56. The summed E-state index contributed by atoms with van der Waals surface area (Å²) in [4.78, 5) is 26.2. The van der Waals surface area contributed by atoms with Gasteiger partial charge in [0.05, 0.1) is 59.8 Å². The number of rotatable bonds is 16. The van der Waals surface area contributed by atoms with Crippen molar-refractivity contribution in [3.63, 3.8) is 0 Å². The minimum Gasteiger partial charge on any atom is -0.462 e. The van der Waals surface area contributed by atoms with E-state index in [0.29, 0.717) is 24.8 Å². The van der Waals surface area contributed by atoms with Crippen LogP contribution in [0.3, 0.4) is 0 Å². The summed E-state index contributed by atoms with van der Waals surface area (Å²) in [5.74, 6) is -1.05. The molecule has 28 atom stereocenters. The van der Waals surface area contributed by atoms with Crippen LogP contribution in [0.2, 0.25) is 0 Å². The van der Waals surface area contributed by atoms with E-state index in [-0.39, 0.29) is 48.5 Å². The van der Waals surface area contributed by atoms with E-state index in [1.807, 2.05) is 13.8 Å². The van der Waals surface area contributed by atoms with Crippen LogP contribution < -0.4 is 0 Å². The molecule has 0 amide bonds. The molecule has 7 N–H and O–H groups in total. The van der Waals surface area contributed by atoms with Crippen LogP contribution >= 0.6 is 0 Å². The van der Waals surface area contributed by atoms with Crippen LogP contribution in [0.5, 0.6) is 0 Å². The highest BCUT2D eigenvalue weighted by molar-refractivity contribution is 5.89. The average molecular weight is 1130 g/mol. The van der Waals surface area contributed by atoms with Crippen LogP contribution in [-0.4, -0.2) is 216 Å². The zero-order valence-electron chi connectivity index (χ0n) is 47.3. The molecule has 4 saturated heterocycles. The molecule has 448 valence electrons. The molecule has 4 saturated carbocycles. The normalized spacial score (nSPS) is 49.4. The Morgan fingerprint density at radius 2 is 1.27 bits per heavy atom. The molecule has 9 rings (SSSR count). The van der Waals surface area contributed by atoms with Gasteiger partial charge in [-0.1, -0.05) is 32.0 Å². The number of hydrogen-bond acceptors (Lipinski definition) is 22. The number of aliphatic hydroxyl groups is 7. The maximum atomic E-state index is 13.3. The highest BCUT2D eigenvalue weighted by atomic mass is 16.8. The van der Waals surface area contributed by atoms with Gasteiger partial charge in [0.15, 0.2) is 25.2 Å². The first-order valence-electron chi connectivity index (χ1n) is 28.5. The number of benzene rings is 1. The maximum absolute atomic E-state index is 13.3. The summed E-state index contributed by atoms with van der Waals surface area (Å²) in [7, 11) is 4.54. The van der Waals surface area contributed by atoms with E-state index < -0.39 is 158 Å². The minimum absolute atomic E-state index is 0.0206. The smallest absolute Gasteiger partial charge is 0.338 e. The van der Waals surface area contributed by atoms with Gasteiger partial charge in [-0.25, -0.2) is 4.79 Å². The van der Waals surface area contributed by atoms with Gasteiger partial charge in [-0.15, -0.1) is 0 Å². The third kappa shape index (κ3) is 11.1. The lowest BCUT2D eigenvalue weighted by Gasteiger charge is -2.66. The van der Waals surface area contributed by atoms with Gasteiger partial charge in [0.2, 0.25) is 0 Å². The number of fused-ring (bicyclic) bond motifs is 5. The fourth-order valence-corrected chi connectivity index (χ4v) is 15.7. The van der Waals surface area contributed by atoms with Crippen molar-refractivity contribution >= 4 is 11.9 Å². The largest absolute Gasteiger partial charge is 0.462 e. The summed E-state index contributed by atoms with van der Waals surface area (Å²) in [5, 5.41) is 78.3. The maximum Gasteiger partial charge on any atom is 0.338 e. The highest BCUT2D eigenvalue weighted by Crippen LogP contribution is 2.71. The molecule has 4 aliphatic carbocycles. The van der Waals surface area contributed by atoms with Gasteiger partial charge < -0.3 is 97.3 Å². The Balaban J connectivity index is 0.792. The summed E-state index contributed by atoms with van der Waals surface area (Å²) >= 11 is 0. The topological polar surface area (TPSA) is 296 Å². The zero-order valence-corrected chi connectivity index (χ0v) is 47.3. The second kappa shape index (κ2) is 24.2. The van der Waals surface area contributed by atoms with Crippen molar-refractivity contribution in [3.8, 4) is 0 Å². The second-order valence-corrected chi connectivity index (χ2v) is 24.3. The van der Waals surface area contributed by atoms with Gasteiger partial charge in [0.1, 0.15) is 72.7 Å². The van der Waals surface area contributed by atoms with Gasteiger partial charge in [-0.3, -0.25) is 4.79 Å². The summed E-state index contributed by atoms with van der Waals surface area (Å²) in [5.41, 5.74) is -4.30. The molecule has 8 aliphatic rings. The number of aliphatic hydroxyl groups excluding tert-OH is 5. The number of hydrogen-bond donors (Lipinski definition) is 7. The van der Waals surface area contributed by atoms with Crippen LogP contribution in [-0.2, 0) is 66.4 Å². The zero-order chi connectivity index (χ0) is 57.1. The van der Waals surface area contributed by atoms with E-state index in [2.05, 4.69) is 6.92 Å². The van der Waals surface area contributed by atoms with E-state index in [4.69, 9.17) is 61.6 Å². The Bertz CT molecular complexity index is 2210. The molecule has 22 nitrogen and oxygen atoms in total. The van der Waals surface area contributed by atoms with Crippen molar-refractivity contribution in [1.82, 2.24) is 0 Å². The molecule has 0 bridgehead atoms. The number of methoxy groups -OCH3 is 3. The third-order valence-corrected chi connectivity index (χ3v) is 20.3. The van der Waals surface area contributed by atoms with Crippen molar-refractivity contribution < 1.29 is 107 Å².